The first-order valence-electron chi connectivity index (χ1n) is 7.17. The molecule has 19 heavy (non-hydrogen) atoms. The normalized spacial score (nSPS) is 27.4. The Morgan fingerprint density at radius 2 is 1.95 bits per heavy atom. The monoisotopic (exact) mass is 270 g/mol. The molecule has 1 rings (SSSR count). The van der Waals surface area contributed by atoms with Gasteiger partial charge in [-0.05, 0) is 43.4 Å². The fourth-order valence-corrected chi connectivity index (χ4v) is 2.67. The molecule has 1 aliphatic rings. The fraction of sp³-hybridized carbons (Fsp3) is 0.867. The number of hydrogen-bond acceptors (Lipinski definition) is 4. The van der Waals surface area contributed by atoms with E-state index in [1.54, 1.807) is 6.92 Å². The van der Waals surface area contributed by atoms with E-state index in [1.807, 2.05) is 6.92 Å². The fourth-order valence-electron chi connectivity index (χ4n) is 2.67. The lowest BCUT2D eigenvalue weighted by Crippen LogP contribution is -2.36. The molecule has 0 radical (unpaired) electrons. The Balaban J connectivity index is 2.48. The average Bonchev–Trinajstić information content (AvgIpc) is 2.32. The Hall–Kier alpha value is -1.06. The van der Waals surface area contributed by atoms with Gasteiger partial charge in [-0.2, -0.15) is 0 Å². The number of esters is 1. The molecule has 0 saturated heterocycles. The number of carbonyl (C=O) groups excluding carboxylic acids is 2. The van der Waals surface area contributed by atoms with Crippen molar-refractivity contribution in [1.82, 2.24) is 0 Å². The van der Waals surface area contributed by atoms with Gasteiger partial charge in [0, 0.05) is 6.42 Å². The minimum absolute atomic E-state index is 0.178. The first-order valence-corrected chi connectivity index (χ1v) is 7.17. The van der Waals surface area contributed by atoms with Crippen LogP contribution in [0, 0.1) is 17.3 Å². The Kier molecular flexibility index (Phi) is 5.39. The molecule has 4 heteroatoms. The first kappa shape index (κ1) is 16.0. The molecule has 1 aliphatic carbocycles. The molecule has 1 saturated carbocycles. The highest BCUT2D eigenvalue weighted by atomic mass is 16.7. The highest BCUT2D eigenvalue weighted by Crippen LogP contribution is 2.44. The van der Waals surface area contributed by atoms with Gasteiger partial charge in [-0.15, -0.1) is 0 Å². The van der Waals surface area contributed by atoms with Gasteiger partial charge in [0.2, 0.25) is 0 Å². The van der Waals surface area contributed by atoms with Gasteiger partial charge >= 0.3 is 12.1 Å². The predicted octanol–water partition coefficient (Wildman–Crippen LogP) is 3.93. The zero-order valence-electron chi connectivity index (χ0n) is 12.7. The quantitative estimate of drug-likeness (QED) is 0.576. The van der Waals surface area contributed by atoms with Crippen LogP contribution in [0.2, 0.25) is 0 Å². The summed E-state index contributed by atoms with van der Waals surface area (Å²) >= 11 is 0. The van der Waals surface area contributed by atoms with Crippen LogP contribution in [0.5, 0.6) is 0 Å². The summed E-state index contributed by atoms with van der Waals surface area (Å²) in [5.41, 5.74) is 0.268. The van der Waals surface area contributed by atoms with Crippen molar-refractivity contribution in [3.63, 3.8) is 0 Å². The number of ether oxygens (including phenoxy) is 2. The molecule has 0 bridgehead atoms. The summed E-state index contributed by atoms with van der Waals surface area (Å²) in [6.07, 6.45) is 2.34. The molecule has 0 aromatic carbocycles. The van der Waals surface area contributed by atoms with Crippen LogP contribution in [0.25, 0.3) is 0 Å². The Labute approximate surface area is 115 Å². The van der Waals surface area contributed by atoms with Gasteiger partial charge in [-0.25, -0.2) is 4.79 Å². The summed E-state index contributed by atoms with van der Waals surface area (Å²) in [6.45, 7) is 10.3. The highest BCUT2D eigenvalue weighted by molar-refractivity contribution is 5.81. The van der Waals surface area contributed by atoms with Gasteiger partial charge < -0.3 is 9.47 Å². The molecule has 4 nitrogen and oxygen atoms in total. The van der Waals surface area contributed by atoms with Crippen molar-refractivity contribution in [3.8, 4) is 0 Å². The highest BCUT2D eigenvalue weighted by Gasteiger charge is 2.37. The summed E-state index contributed by atoms with van der Waals surface area (Å²) in [7, 11) is 0. The van der Waals surface area contributed by atoms with Crippen LogP contribution < -0.4 is 0 Å². The largest absolute Gasteiger partial charge is 0.516 e. The zero-order valence-corrected chi connectivity index (χ0v) is 12.7. The molecule has 0 aromatic heterocycles. The number of hydrogen-bond donors (Lipinski definition) is 0. The molecule has 0 N–H and O–H groups in total. The zero-order chi connectivity index (χ0) is 14.6. The molecular weight excluding hydrogens is 244 g/mol. The molecule has 0 amide bonds. The van der Waals surface area contributed by atoms with Crippen molar-refractivity contribution in [2.45, 2.75) is 66.4 Å². The molecular formula is C15H26O4. The van der Waals surface area contributed by atoms with Gasteiger partial charge in [0.15, 0.2) is 0 Å². The third kappa shape index (κ3) is 4.51. The van der Waals surface area contributed by atoms with Crippen LogP contribution in [0.4, 0.5) is 4.79 Å². The van der Waals surface area contributed by atoms with Crippen LogP contribution >= 0.6 is 0 Å². The Morgan fingerprint density at radius 1 is 1.32 bits per heavy atom. The average molecular weight is 270 g/mol. The number of carbonyl (C=O) groups is 2. The van der Waals surface area contributed by atoms with Crippen molar-refractivity contribution < 1.29 is 19.1 Å². The van der Waals surface area contributed by atoms with E-state index in [0.717, 1.165) is 19.3 Å². The standard InChI is InChI=1S/C15H26O4/c1-6-13(16)19-14(17)18-11(3)12-8-7-10(2)15(4,5)9-12/h10-12H,6-9H2,1-5H3. The lowest BCUT2D eigenvalue weighted by atomic mass is 9.65. The minimum Gasteiger partial charge on any atom is -0.431 e. The molecule has 0 heterocycles. The summed E-state index contributed by atoms with van der Waals surface area (Å²) in [5, 5.41) is 0. The second-order valence-electron chi connectivity index (χ2n) is 6.33. The SMILES string of the molecule is CCC(=O)OC(=O)OC(C)C1CCC(C)C(C)(C)C1. The summed E-state index contributed by atoms with van der Waals surface area (Å²) in [6, 6.07) is 0. The summed E-state index contributed by atoms with van der Waals surface area (Å²) in [5.74, 6) is 0.481. The third-order valence-electron chi connectivity index (χ3n) is 4.52. The molecule has 1 fully saturated rings. The molecule has 3 atom stereocenters. The summed E-state index contributed by atoms with van der Waals surface area (Å²) < 4.78 is 9.74. The lowest BCUT2D eigenvalue weighted by Gasteiger charge is -2.42. The molecule has 0 aromatic rings. The third-order valence-corrected chi connectivity index (χ3v) is 4.52. The van der Waals surface area contributed by atoms with Crippen molar-refractivity contribution >= 4 is 12.1 Å². The van der Waals surface area contributed by atoms with E-state index in [0.29, 0.717) is 11.8 Å². The topological polar surface area (TPSA) is 52.6 Å². The summed E-state index contributed by atoms with van der Waals surface area (Å²) in [4.78, 5) is 22.4. The van der Waals surface area contributed by atoms with E-state index in [-0.39, 0.29) is 17.9 Å². The second kappa shape index (κ2) is 6.40. The lowest BCUT2D eigenvalue weighted by molar-refractivity contribution is -0.140. The van der Waals surface area contributed by atoms with Crippen molar-refractivity contribution in [3.05, 3.63) is 0 Å². The minimum atomic E-state index is -0.865. The molecule has 3 unspecified atom stereocenters. The van der Waals surface area contributed by atoms with Crippen LogP contribution in [0.1, 0.15) is 60.3 Å². The van der Waals surface area contributed by atoms with E-state index in [9.17, 15) is 9.59 Å². The van der Waals surface area contributed by atoms with Gasteiger partial charge in [0.25, 0.3) is 0 Å². The van der Waals surface area contributed by atoms with E-state index >= 15 is 0 Å². The smallest absolute Gasteiger partial charge is 0.431 e. The van der Waals surface area contributed by atoms with Crippen LogP contribution in [0.3, 0.4) is 0 Å². The van der Waals surface area contributed by atoms with Crippen LogP contribution in [0.15, 0.2) is 0 Å². The second-order valence-corrected chi connectivity index (χ2v) is 6.33. The Morgan fingerprint density at radius 3 is 2.47 bits per heavy atom. The van der Waals surface area contributed by atoms with E-state index in [2.05, 4.69) is 25.5 Å². The maximum atomic E-state index is 11.4. The van der Waals surface area contributed by atoms with Crippen molar-refractivity contribution in [2.75, 3.05) is 0 Å². The van der Waals surface area contributed by atoms with E-state index < -0.39 is 12.1 Å². The van der Waals surface area contributed by atoms with E-state index in [1.165, 1.54) is 0 Å². The van der Waals surface area contributed by atoms with Gasteiger partial charge in [-0.1, -0.05) is 27.7 Å². The van der Waals surface area contributed by atoms with E-state index in [4.69, 9.17) is 4.74 Å². The first-order chi connectivity index (χ1) is 8.76. The Bertz CT molecular complexity index is 335. The van der Waals surface area contributed by atoms with Crippen LogP contribution in [-0.4, -0.2) is 18.2 Å². The maximum Gasteiger partial charge on any atom is 0.516 e. The molecule has 0 spiro atoms. The maximum absolute atomic E-state index is 11.4. The van der Waals surface area contributed by atoms with Gasteiger partial charge in [0.05, 0.1) is 0 Å². The molecule has 0 aliphatic heterocycles. The van der Waals surface area contributed by atoms with Crippen molar-refractivity contribution in [2.24, 2.45) is 17.3 Å². The number of rotatable bonds is 3. The van der Waals surface area contributed by atoms with Crippen LogP contribution in [-0.2, 0) is 14.3 Å². The predicted molar refractivity (Wildman–Crippen MR) is 72.6 cm³/mol. The molecule has 110 valence electrons. The van der Waals surface area contributed by atoms with Gasteiger partial charge in [-0.3, -0.25) is 4.79 Å². The van der Waals surface area contributed by atoms with Crippen molar-refractivity contribution in [1.29, 1.82) is 0 Å². The van der Waals surface area contributed by atoms with Gasteiger partial charge in [0.1, 0.15) is 6.10 Å².